The highest BCUT2D eigenvalue weighted by molar-refractivity contribution is 6.08. The van der Waals surface area contributed by atoms with Crippen molar-refractivity contribution in [3.63, 3.8) is 0 Å². The third kappa shape index (κ3) is 3.40. The Labute approximate surface area is 171 Å². The van der Waals surface area contributed by atoms with Crippen molar-refractivity contribution in [1.29, 1.82) is 0 Å². The maximum absolute atomic E-state index is 13.3. The second-order valence-electron chi connectivity index (χ2n) is 8.60. The summed E-state index contributed by atoms with van der Waals surface area (Å²) >= 11 is 0. The standard InChI is InChI=1S/C22H29N3O4/c26-19(24-10-8-22(9-11-24)28-16-17-29-22)21(6-7-21)20(27)25-14-12-23(13-15-25)18-4-2-1-3-5-18/h1-5H,6-17H2. The number of para-hydroxylation sites is 1. The molecular formula is C22H29N3O4. The van der Waals surface area contributed by atoms with E-state index >= 15 is 0 Å². The molecule has 1 spiro atoms. The molecule has 1 aromatic carbocycles. The molecule has 0 unspecified atom stereocenters. The van der Waals surface area contributed by atoms with Crippen molar-refractivity contribution in [2.75, 3.05) is 57.4 Å². The van der Waals surface area contributed by atoms with E-state index in [-0.39, 0.29) is 11.8 Å². The molecule has 4 aliphatic rings. The predicted molar refractivity (Wildman–Crippen MR) is 107 cm³/mol. The fraction of sp³-hybridized carbons (Fsp3) is 0.636. The van der Waals surface area contributed by atoms with Crippen LogP contribution in [0.4, 0.5) is 5.69 Å². The second kappa shape index (κ2) is 7.29. The molecule has 7 heteroatoms. The Kier molecular flexibility index (Phi) is 4.75. The number of carbonyl (C=O) groups excluding carboxylic acids is 2. The minimum absolute atomic E-state index is 0.0147. The van der Waals surface area contributed by atoms with Gasteiger partial charge in [0.15, 0.2) is 5.79 Å². The summed E-state index contributed by atoms with van der Waals surface area (Å²) in [6.45, 7) is 5.44. The highest BCUT2D eigenvalue weighted by Gasteiger charge is 2.60. The lowest BCUT2D eigenvalue weighted by Crippen LogP contribution is -2.55. The molecule has 0 aromatic heterocycles. The molecule has 1 aliphatic carbocycles. The van der Waals surface area contributed by atoms with Gasteiger partial charge in [0.25, 0.3) is 0 Å². The number of likely N-dealkylation sites (tertiary alicyclic amines) is 1. The van der Waals surface area contributed by atoms with Gasteiger partial charge in [-0.15, -0.1) is 0 Å². The monoisotopic (exact) mass is 399 g/mol. The minimum Gasteiger partial charge on any atom is -0.368 e. The third-order valence-corrected chi connectivity index (χ3v) is 6.88. The first kappa shape index (κ1) is 18.9. The summed E-state index contributed by atoms with van der Waals surface area (Å²) in [6, 6.07) is 10.3. The zero-order valence-electron chi connectivity index (χ0n) is 16.8. The van der Waals surface area contributed by atoms with Crippen LogP contribution in [0.5, 0.6) is 0 Å². The van der Waals surface area contributed by atoms with E-state index in [0.29, 0.717) is 65.1 Å². The van der Waals surface area contributed by atoms with Crippen LogP contribution in [0.1, 0.15) is 25.7 Å². The third-order valence-electron chi connectivity index (χ3n) is 6.88. The topological polar surface area (TPSA) is 62.3 Å². The highest BCUT2D eigenvalue weighted by Crippen LogP contribution is 2.49. The molecule has 156 valence electrons. The van der Waals surface area contributed by atoms with Gasteiger partial charge < -0.3 is 24.2 Å². The fourth-order valence-corrected chi connectivity index (χ4v) is 4.89. The molecule has 3 saturated heterocycles. The Morgan fingerprint density at radius 1 is 0.724 bits per heavy atom. The molecule has 3 aliphatic heterocycles. The van der Waals surface area contributed by atoms with Crippen LogP contribution in [0.2, 0.25) is 0 Å². The van der Waals surface area contributed by atoms with Gasteiger partial charge in [0.2, 0.25) is 11.8 Å². The predicted octanol–water partition coefficient (Wildman–Crippen LogP) is 1.48. The maximum atomic E-state index is 13.3. The molecule has 1 saturated carbocycles. The Morgan fingerprint density at radius 2 is 1.28 bits per heavy atom. The number of piperazine rings is 1. The molecule has 3 heterocycles. The van der Waals surface area contributed by atoms with E-state index in [1.165, 1.54) is 5.69 Å². The van der Waals surface area contributed by atoms with Crippen molar-refractivity contribution < 1.29 is 19.1 Å². The highest BCUT2D eigenvalue weighted by atomic mass is 16.7. The minimum atomic E-state index is -0.809. The number of amides is 2. The van der Waals surface area contributed by atoms with Crippen LogP contribution in [0.15, 0.2) is 30.3 Å². The number of nitrogens with zero attached hydrogens (tertiary/aromatic N) is 3. The van der Waals surface area contributed by atoms with Gasteiger partial charge in [-0.25, -0.2) is 0 Å². The molecule has 0 N–H and O–H groups in total. The first-order chi connectivity index (χ1) is 14.1. The maximum Gasteiger partial charge on any atom is 0.238 e. The Morgan fingerprint density at radius 3 is 1.83 bits per heavy atom. The van der Waals surface area contributed by atoms with Crippen molar-refractivity contribution in [1.82, 2.24) is 9.80 Å². The van der Waals surface area contributed by atoms with Gasteiger partial charge in [0, 0.05) is 57.8 Å². The van der Waals surface area contributed by atoms with Gasteiger partial charge >= 0.3 is 0 Å². The molecule has 0 radical (unpaired) electrons. The van der Waals surface area contributed by atoms with Gasteiger partial charge in [-0.05, 0) is 25.0 Å². The average molecular weight is 399 g/mol. The average Bonchev–Trinajstić information content (AvgIpc) is 3.48. The summed E-state index contributed by atoms with van der Waals surface area (Å²) < 4.78 is 11.5. The van der Waals surface area contributed by atoms with Crippen molar-refractivity contribution in [2.45, 2.75) is 31.5 Å². The number of rotatable bonds is 3. The van der Waals surface area contributed by atoms with Crippen LogP contribution < -0.4 is 4.90 Å². The second-order valence-corrected chi connectivity index (χ2v) is 8.60. The molecular weight excluding hydrogens is 370 g/mol. The van der Waals surface area contributed by atoms with E-state index < -0.39 is 11.2 Å². The van der Waals surface area contributed by atoms with Crippen LogP contribution in [-0.4, -0.2) is 79.9 Å². The number of benzene rings is 1. The van der Waals surface area contributed by atoms with Crippen molar-refractivity contribution in [3.8, 4) is 0 Å². The number of anilines is 1. The normalized spacial score (nSPS) is 25.3. The fourth-order valence-electron chi connectivity index (χ4n) is 4.89. The van der Waals surface area contributed by atoms with E-state index in [1.807, 2.05) is 28.0 Å². The summed E-state index contributed by atoms with van der Waals surface area (Å²) in [5.41, 5.74) is 0.381. The molecule has 29 heavy (non-hydrogen) atoms. The molecule has 4 fully saturated rings. The molecule has 7 nitrogen and oxygen atoms in total. The SMILES string of the molecule is O=C(N1CCN(c2ccccc2)CC1)C1(C(=O)N2CCC3(CC2)OCCO3)CC1. The molecule has 5 rings (SSSR count). The number of hydrogen-bond donors (Lipinski definition) is 0. The lowest BCUT2D eigenvalue weighted by Gasteiger charge is -2.40. The zero-order chi connectivity index (χ0) is 19.9. The van der Waals surface area contributed by atoms with Crippen LogP contribution >= 0.6 is 0 Å². The smallest absolute Gasteiger partial charge is 0.238 e. The van der Waals surface area contributed by atoms with E-state index in [4.69, 9.17) is 9.47 Å². The zero-order valence-corrected chi connectivity index (χ0v) is 16.8. The van der Waals surface area contributed by atoms with E-state index in [1.54, 1.807) is 0 Å². The first-order valence-electron chi connectivity index (χ1n) is 10.8. The van der Waals surface area contributed by atoms with Gasteiger partial charge in [-0.3, -0.25) is 9.59 Å². The first-order valence-corrected chi connectivity index (χ1v) is 10.8. The van der Waals surface area contributed by atoms with Gasteiger partial charge in [0.05, 0.1) is 13.2 Å². The molecule has 2 amide bonds. The van der Waals surface area contributed by atoms with Gasteiger partial charge in [-0.2, -0.15) is 0 Å². The van der Waals surface area contributed by atoms with Gasteiger partial charge in [-0.1, -0.05) is 18.2 Å². The van der Waals surface area contributed by atoms with Crippen LogP contribution in [-0.2, 0) is 19.1 Å². The number of carbonyl (C=O) groups is 2. The molecule has 1 aromatic rings. The van der Waals surface area contributed by atoms with E-state index in [0.717, 1.165) is 13.1 Å². The van der Waals surface area contributed by atoms with Crippen molar-refractivity contribution in [3.05, 3.63) is 30.3 Å². The van der Waals surface area contributed by atoms with Crippen molar-refractivity contribution in [2.24, 2.45) is 5.41 Å². The summed E-state index contributed by atoms with van der Waals surface area (Å²) in [5, 5.41) is 0. The largest absolute Gasteiger partial charge is 0.368 e. The Balaban J connectivity index is 1.18. The molecule has 0 atom stereocenters. The summed E-state index contributed by atoms with van der Waals surface area (Å²) in [5.74, 6) is -0.449. The Bertz CT molecular complexity index is 756. The van der Waals surface area contributed by atoms with E-state index in [2.05, 4.69) is 17.0 Å². The quantitative estimate of drug-likeness (QED) is 0.721. The summed E-state index contributed by atoms with van der Waals surface area (Å²) in [6.07, 6.45) is 2.74. The number of piperidine rings is 1. The van der Waals surface area contributed by atoms with Crippen LogP contribution in [0.3, 0.4) is 0 Å². The number of hydrogen-bond acceptors (Lipinski definition) is 5. The van der Waals surface area contributed by atoms with Gasteiger partial charge in [0.1, 0.15) is 5.41 Å². The van der Waals surface area contributed by atoms with Crippen LogP contribution in [0.25, 0.3) is 0 Å². The number of ether oxygens (including phenoxy) is 2. The Hall–Kier alpha value is -2.12. The molecule has 0 bridgehead atoms. The van der Waals surface area contributed by atoms with E-state index in [9.17, 15) is 9.59 Å². The summed E-state index contributed by atoms with van der Waals surface area (Å²) in [7, 11) is 0. The lowest BCUT2D eigenvalue weighted by atomic mass is 9.98. The van der Waals surface area contributed by atoms with Crippen LogP contribution in [0, 0.1) is 5.41 Å². The van der Waals surface area contributed by atoms with Crippen molar-refractivity contribution >= 4 is 17.5 Å². The lowest BCUT2D eigenvalue weighted by molar-refractivity contribution is -0.189. The summed E-state index contributed by atoms with van der Waals surface area (Å²) in [4.78, 5) is 32.6.